The van der Waals surface area contributed by atoms with Gasteiger partial charge in [-0.25, -0.2) is 0 Å². The van der Waals surface area contributed by atoms with Gasteiger partial charge in [-0.1, -0.05) is 18.2 Å². The molecule has 0 aromatic heterocycles. The van der Waals surface area contributed by atoms with Gasteiger partial charge in [0, 0.05) is 5.71 Å². The number of nitrogens with zero attached hydrogens (tertiary/aromatic N) is 1. The van der Waals surface area contributed by atoms with Gasteiger partial charge >= 0.3 is 7.48 Å². The van der Waals surface area contributed by atoms with Gasteiger partial charge in [0.1, 0.15) is 0 Å². The zero-order valence-electron chi connectivity index (χ0n) is 7.28. The summed E-state index contributed by atoms with van der Waals surface area (Å²) in [5, 5.41) is 8.84. The van der Waals surface area contributed by atoms with Crippen molar-refractivity contribution in [3.8, 4) is 0 Å². The van der Waals surface area contributed by atoms with Crippen molar-refractivity contribution in [2.24, 2.45) is 4.99 Å². The van der Waals surface area contributed by atoms with E-state index in [0.717, 1.165) is 24.3 Å². The van der Waals surface area contributed by atoms with Crippen LogP contribution in [0, 0.1) is 0 Å². The van der Waals surface area contributed by atoms with Crippen molar-refractivity contribution in [2.75, 3.05) is 0 Å². The molecule has 1 N–H and O–H groups in total. The van der Waals surface area contributed by atoms with Gasteiger partial charge in [-0.15, -0.1) is 0 Å². The van der Waals surface area contributed by atoms with Crippen LogP contribution >= 0.6 is 0 Å². The summed E-state index contributed by atoms with van der Waals surface area (Å²) in [6, 6.07) is 7.46. The molecule has 0 amide bonds. The Balaban J connectivity index is 3.05. The number of rotatable bonds is 2. The van der Waals surface area contributed by atoms with Crippen molar-refractivity contribution in [1.82, 2.24) is 0 Å². The number of benzene rings is 1. The molecule has 1 aromatic rings. The van der Waals surface area contributed by atoms with Gasteiger partial charge in [-0.3, -0.25) is 4.99 Å². The van der Waals surface area contributed by atoms with Crippen molar-refractivity contribution in [1.29, 1.82) is 0 Å². The van der Waals surface area contributed by atoms with E-state index in [0.29, 0.717) is 0 Å². The van der Waals surface area contributed by atoms with Gasteiger partial charge < -0.3 is 5.02 Å². The second kappa shape index (κ2) is 4.07. The number of hydrogen-bond donors (Lipinski definition) is 1. The molecule has 0 aliphatic carbocycles. The lowest BCUT2D eigenvalue weighted by molar-refractivity contribution is 0.615. The molecular weight excluding hydrogens is 149 g/mol. The minimum absolute atomic E-state index is 0.749. The van der Waals surface area contributed by atoms with Crippen LogP contribution in [0.1, 0.15) is 13.8 Å². The minimum atomic E-state index is 0.749. The van der Waals surface area contributed by atoms with Gasteiger partial charge in [-0.2, -0.15) is 0 Å². The van der Waals surface area contributed by atoms with Gasteiger partial charge in [0.05, 0.1) is 5.69 Å². The van der Waals surface area contributed by atoms with E-state index in [4.69, 9.17) is 5.02 Å². The van der Waals surface area contributed by atoms with Gasteiger partial charge in [0.2, 0.25) is 0 Å². The summed E-state index contributed by atoms with van der Waals surface area (Å²) in [5.41, 5.74) is 2.53. The van der Waals surface area contributed by atoms with Crippen LogP contribution < -0.4 is 5.46 Å². The Morgan fingerprint density at radius 3 is 2.58 bits per heavy atom. The van der Waals surface area contributed by atoms with Crippen molar-refractivity contribution in [3.05, 3.63) is 24.3 Å². The Kier molecular flexibility index (Phi) is 3.05. The Morgan fingerprint density at radius 1 is 1.33 bits per heavy atom. The fourth-order valence-corrected chi connectivity index (χ4v) is 0.939. The lowest BCUT2D eigenvalue weighted by Crippen LogP contribution is -2.13. The van der Waals surface area contributed by atoms with Gasteiger partial charge in [-0.05, 0) is 25.4 Å². The molecule has 0 spiro atoms. The van der Waals surface area contributed by atoms with E-state index < -0.39 is 0 Å². The largest absolute Gasteiger partial charge is 0.450 e. The van der Waals surface area contributed by atoms with Crippen LogP contribution in [-0.4, -0.2) is 18.2 Å². The number of para-hydroxylation sites is 1. The van der Waals surface area contributed by atoms with E-state index in [1.165, 1.54) is 0 Å². The molecule has 0 heterocycles. The maximum Gasteiger partial charge on any atom is 0.328 e. The van der Waals surface area contributed by atoms with Gasteiger partial charge in [0.25, 0.3) is 0 Å². The summed E-state index contributed by atoms with van der Waals surface area (Å²) in [5.74, 6) is 0. The molecule has 0 bridgehead atoms. The average molecular weight is 160 g/mol. The van der Waals surface area contributed by atoms with Crippen molar-refractivity contribution in [2.45, 2.75) is 13.8 Å². The third-order valence-electron chi connectivity index (χ3n) is 1.42. The molecule has 1 radical (unpaired) electrons. The highest BCUT2D eigenvalue weighted by Gasteiger charge is 1.98. The summed E-state index contributed by atoms with van der Waals surface area (Å²) in [6.07, 6.45) is 0. The van der Waals surface area contributed by atoms with Crippen LogP contribution in [0.2, 0.25) is 0 Å². The molecule has 0 saturated heterocycles. The topological polar surface area (TPSA) is 32.6 Å². The van der Waals surface area contributed by atoms with Crippen LogP contribution in [0.5, 0.6) is 0 Å². The SMILES string of the molecule is CC(C)=Nc1ccccc1[B]O. The Hall–Kier alpha value is -1.09. The zero-order valence-corrected chi connectivity index (χ0v) is 7.28. The molecule has 2 nitrogen and oxygen atoms in total. The third kappa shape index (κ3) is 2.20. The van der Waals surface area contributed by atoms with Crippen LogP contribution in [0.15, 0.2) is 29.3 Å². The summed E-state index contributed by atoms with van der Waals surface area (Å²) < 4.78 is 0. The van der Waals surface area contributed by atoms with Crippen molar-refractivity contribution in [3.63, 3.8) is 0 Å². The first-order valence-corrected chi connectivity index (χ1v) is 3.82. The first-order chi connectivity index (χ1) is 5.74. The summed E-state index contributed by atoms with van der Waals surface area (Å²) >= 11 is 0. The first-order valence-electron chi connectivity index (χ1n) is 3.82. The van der Waals surface area contributed by atoms with E-state index >= 15 is 0 Å². The molecular formula is C9H11BNO. The monoisotopic (exact) mass is 160 g/mol. The average Bonchev–Trinajstić information content (AvgIpc) is 2.04. The molecule has 0 saturated carbocycles. The first kappa shape index (κ1) is 9.01. The lowest BCUT2D eigenvalue weighted by atomic mass is 9.87. The van der Waals surface area contributed by atoms with E-state index in [2.05, 4.69) is 4.99 Å². The van der Waals surface area contributed by atoms with E-state index in [1.807, 2.05) is 38.1 Å². The fourth-order valence-electron chi connectivity index (χ4n) is 0.939. The highest BCUT2D eigenvalue weighted by atomic mass is 16.2. The van der Waals surface area contributed by atoms with Gasteiger partial charge in [0.15, 0.2) is 0 Å². The predicted molar refractivity (Wildman–Crippen MR) is 52.5 cm³/mol. The molecule has 1 rings (SSSR count). The Labute approximate surface area is 73.2 Å². The molecule has 0 atom stereocenters. The zero-order chi connectivity index (χ0) is 8.97. The van der Waals surface area contributed by atoms with Crippen molar-refractivity contribution < 1.29 is 5.02 Å². The van der Waals surface area contributed by atoms with Crippen LogP contribution in [-0.2, 0) is 0 Å². The molecule has 0 fully saturated rings. The van der Waals surface area contributed by atoms with Crippen LogP contribution in [0.3, 0.4) is 0 Å². The second-order valence-electron chi connectivity index (χ2n) is 2.75. The summed E-state index contributed by atoms with van der Waals surface area (Å²) in [6.45, 7) is 3.85. The van der Waals surface area contributed by atoms with E-state index in [-0.39, 0.29) is 0 Å². The second-order valence-corrected chi connectivity index (χ2v) is 2.75. The maximum atomic E-state index is 8.84. The molecule has 0 aliphatic heterocycles. The lowest BCUT2D eigenvalue weighted by Gasteiger charge is -2.00. The maximum absolute atomic E-state index is 8.84. The smallest absolute Gasteiger partial charge is 0.328 e. The molecule has 1 aromatic carbocycles. The molecule has 0 aliphatic rings. The normalized spacial score (nSPS) is 9.25. The Bertz CT molecular complexity index is 292. The van der Waals surface area contributed by atoms with Crippen molar-refractivity contribution >= 4 is 24.3 Å². The quantitative estimate of drug-likeness (QED) is 0.508. The Morgan fingerprint density at radius 2 is 2.00 bits per heavy atom. The predicted octanol–water partition coefficient (Wildman–Crippen LogP) is 1.04. The van der Waals surface area contributed by atoms with Crippen LogP contribution in [0.25, 0.3) is 0 Å². The molecule has 12 heavy (non-hydrogen) atoms. The summed E-state index contributed by atoms with van der Waals surface area (Å²) in [7, 11) is 1.07. The molecule has 61 valence electrons. The van der Waals surface area contributed by atoms with Crippen LogP contribution in [0.4, 0.5) is 5.69 Å². The third-order valence-corrected chi connectivity index (χ3v) is 1.42. The molecule has 0 unspecified atom stereocenters. The highest BCUT2D eigenvalue weighted by molar-refractivity contribution is 6.47. The van der Waals surface area contributed by atoms with E-state index in [9.17, 15) is 0 Å². The molecule has 3 heteroatoms. The standard InChI is InChI=1S/C9H11BNO/c1-7(2)11-9-6-4-3-5-8(9)10-12/h3-6,12H,1-2H3. The fraction of sp³-hybridized carbons (Fsp3) is 0.222. The highest BCUT2D eigenvalue weighted by Crippen LogP contribution is 2.06. The number of hydrogen-bond acceptors (Lipinski definition) is 2. The minimum Gasteiger partial charge on any atom is -0.450 e. The number of aliphatic imine (C=N–C) groups is 1. The van der Waals surface area contributed by atoms with E-state index in [1.54, 1.807) is 0 Å². The summed E-state index contributed by atoms with van der Waals surface area (Å²) in [4.78, 5) is 4.26.